The Morgan fingerprint density at radius 3 is 2.72 bits per heavy atom. The fourth-order valence-electron chi connectivity index (χ4n) is 1.81. The van der Waals surface area contributed by atoms with Crippen LogP contribution in [0.1, 0.15) is 5.56 Å². The van der Waals surface area contributed by atoms with E-state index in [2.05, 4.69) is 0 Å². The van der Waals surface area contributed by atoms with Crippen LogP contribution in [0, 0.1) is 11.3 Å². The number of nitrogens with zero attached hydrogens (tertiary/aromatic N) is 1. The smallest absolute Gasteiger partial charge is 0.209 e. The van der Waals surface area contributed by atoms with Gasteiger partial charge in [-0.2, -0.15) is 5.26 Å². The van der Waals surface area contributed by atoms with E-state index in [9.17, 15) is 0 Å². The van der Waals surface area contributed by atoms with Gasteiger partial charge < -0.3 is 19.0 Å². The quantitative estimate of drug-likeness (QED) is 0.742. The van der Waals surface area contributed by atoms with Gasteiger partial charge in [0.2, 0.25) is 5.88 Å². The lowest BCUT2D eigenvalue weighted by Gasteiger charge is -1.96. The highest BCUT2D eigenvalue weighted by Crippen LogP contribution is 2.40. The van der Waals surface area contributed by atoms with Crippen LogP contribution in [0.3, 0.4) is 0 Å². The van der Waals surface area contributed by atoms with Crippen LogP contribution in [0.5, 0.6) is 0 Å². The summed E-state index contributed by atoms with van der Waals surface area (Å²) >= 11 is 0. The molecule has 0 amide bonds. The molecule has 3 rings (SSSR count). The first-order chi connectivity index (χ1) is 8.81. The van der Waals surface area contributed by atoms with Crippen molar-refractivity contribution in [2.24, 2.45) is 0 Å². The first-order valence-corrected chi connectivity index (χ1v) is 5.20. The fraction of sp³-hybridized carbons (Fsp3) is 0. The monoisotopic (exact) mass is 240 g/mol. The summed E-state index contributed by atoms with van der Waals surface area (Å²) in [4.78, 5) is 0. The van der Waals surface area contributed by atoms with Gasteiger partial charge in [-0.05, 0) is 18.2 Å². The van der Waals surface area contributed by atoms with E-state index in [1.807, 2.05) is 6.07 Å². The highest BCUT2D eigenvalue weighted by molar-refractivity contribution is 5.85. The second-order valence-corrected chi connectivity index (χ2v) is 3.65. The van der Waals surface area contributed by atoms with Crippen LogP contribution in [-0.4, -0.2) is 0 Å². The molecule has 3 aromatic rings. The second-order valence-electron chi connectivity index (χ2n) is 3.65. The third kappa shape index (κ3) is 1.40. The van der Waals surface area contributed by atoms with Gasteiger partial charge in [-0.25, -0.2) is 0 Å². The Balaban J connectivity index is 2.31. The van der Waals surface area contributed by atoms with Gasteiger partial charge in [0.05, 0.1) is 23.7 Å². The van der Waals surface area contributed by atoms with Crippen LogP contribution in [0.15, 0.2) is 50.2 Å². The molecule has 88 valence electrons. The van der Waals surface area contributed by atoms with Crippen molar-refractivity contribution in [1.82, 2.24) is 0 Å². The van der Waals surface area contributed by atoms with E-state index in [0.29, 0.717) is 22.6 Å². The van der Waals surface area contributed by atoms with Crippen LogP contribution >= 0.6 is 0 Å². The largest absolute Gasteiger partial charge is 0.472 e. The summed E-state index contributed by atoms with van der Waals surface area (Å²) in [5.41, 5.74) is 7.21. The summed E-state index contributed by atoms with van der Waals surface area (Å²) < 4.78 is 15.8. The van der Waals surface area contributed by atoms with E-state index in [1.54, 1.807) is 18.2 Å². The summed E-state index contributed by atoms with van der Waals surface area (Å²) in [5.74, 6) is 1.07. The SMILES string of the molecule is N#Cc1c(N)oc(-c2ccoc2)c1-c1ccco1. The number of nitrogens with two attached hydrogens (primary N) is 1. The van der Waals surface area contributed by atoms with Crippen LogP contribution in [-0.2, 0) is 0 Å². The van der Waals surface area contributed by atoms with E-state index in [0.717, 1.165) is 0 Å². The molecule has 18 heavy (non-hydrogen) atoms. The van der Waals surface area contributed by atoms with Crippen LogP contribution in [0.2, 0.25) is 0 Å². The van der Waals surface area contributed by atoms with E-state index >= 15 is 0 Å². The molecule has 0 saturated heterocycles. The number of nitrogen functional groups attached to an aromatic ring is 1. The van der Waals surface area contributed by atoms with Crippen LogP contribution in [0.25, 0.3) is 22.6 Å². The molecule has 5 heteroatoms. The topological polar surface area (TPSA) is 89.2 Å². The Labute approximate surface area is 102 Å². The lowest BCUT2D eigenvalue weighted by molar-refractivity contribution is 0.562. The normalized spacial score (nSPS) is 10.4. The molecule has 0 bridgehead atoms. The van der Waals surface area contributed by atoms with Gasteiger partial charge in [-0.15, -0.1) is 0 Å². The van der Waals surface area contributed by atoms with Gasteiger partial charge in [0.1, 0.15) is 23.7 Å². The minimum absolute atomic E-state index is 0.0695. The summed E-state index contributed by atoms with van der Waals surface area (Å²) in [5, 5.41) is 9.15. The average molecular weight is 240 g/mol. The summed E-state index contributed by atoms with van der Waals surface area (Å²) in [7, 11) is 0. The van der Waals surface area contributed by atoms with Crippen molar-refractivity contribution < 1.29 is 13.3 Å². The summed E-state index contributed by atoms with van der Waals surface area (Å²) in [6.07, 6.45) is 4.57. The average Bonchev–Trinajstić information content (AvgIpc) is 3.08. The predicted octanol–water partition coefficient (Wildman–Crippen LogP) is 3.25. The van der Waals surface area contributed by atoms with Gasteiger partial charge in [0, 0.05) is 0 Å². The number of hydrogen-bond donors (Lipinski definition) is 1. The molecule has 3 aromatic heterocycles. The van der Waals surface area contributed by atoms with Gasteiger partial charge in [-0.1, -0.05) is 0 Å². The minimum atomic E-state index is 0.0695. The molecule has 0 aromatic carbocycles. The van der Waals surface area contributed by atoms with Crippen molar-refractivity contribution in [1.29, 1.82) is 5.26 Å². The van der Waals surface area contributed by atoms with Gasteiger partial charge >= 0.3 is 0 Å². The molecule has 5 nitrogen and oxygen atoms in total. The van der Waals surface area contributed by atoms with Crippen molar-refractivity contribution in [3.63, 3.8) is 0 Å². The molecule has 0 unspecified atom stereocenters. The molecule has 0 aliphatic heterocycles. The van der Waals surface area contributed by atoms with Gasteiger partial charge in [0.25, 0.3) is 0 Å². The Kier molecular flexibility index (Phi) is 2.21. The zero-order chi connectivity index (χ0) is 12.5. The maximum Gasteiger partial charge on any atom is 0.209 e. The van der Waals surface area contributed by atoms with Crippen molar-refractivity contribution in [2.45, 2.75) is 0 Å². The van der Waals surface area contributed by atoms with Gasteiger partial charge in [-0.3, -0.25) is 0 Å². The standard InChI is InChI=1S/C13H8N2O3/c14-6-9-11(10-2-1-4-17-10)12(18-13(9)15)8-3-5-16-7-8/h1-5,7H,15H2. The van der Waals surface area contributed by atoms with Gasteiger partial charge in [0.15, 0.2) is 5.76 Å². The Bertz CT molecular complexity index is 700. The lowest BCUT2D eigenvalue weighted by Crippen LogP contribution is -1.85. The maximum absolute atomic E-state index is 9.15. The Morgan fingerprint density at radius 2 is 2.11 bits per heavy atom. The predicted molar refractivity (Wildman–Crippen MR) is 63.2 cm³/mol. The van der Waals surface area contributed by atoms with Crippen molar-refractivity contribution in [3.8, 4) is 28.7 Å². The number of hydrogen-bond acceptors (Lipinski definition) is 5. The molecular weight excluding hydrogens is 232 g/mol. The third-order valence-corrected chi connectivity index (χ3v) is 2.60. The van der Waals surface area contributed by atoms with E-state index < -0.39 is 0 Å². The zero-order valence-corrected chi connectivity index (χ0v) is 9.21. The fourth-order valence-corrected chi connectivity index (χ4v) is 1.81. The number of anilines is 1. The Hall–Kier alpha value is -2.87. The minimum Gasteiger partial charge on any atom is -0.472 e. The number of furan rings is 3. The van der Waals surface area contributed by atoms with E-state index in [-0.39, 0.29) is 11.4 Å². The molecule has 0 fully saturated rings. The van der Waals surface area contributed by atoms with Crippen LogP contribution in [0.4, 0.5) is 5.88 Å². The highest BCUT2D eigenvalue weighted by atomic mass is 16.4. The van der Waals surface area contributed by atoms with Crippen molar-refractivity contribution in [3.05, 3.63) is 42.6 Å². The molecule has 0 aliphatic carbocycles. The van der Waals surface area contributed by atoms with E-state index in [4.69, 9.17) is 24.2 Å². The van der Waals surface area contributed by atoms with Crippen LogP contribution < -0.4 is 5.73 Å². The maximum atomic E-state index is 9.15. The molecule has 0 atom stereocenters. The van der Waals surface area contributed by atoms with Crippen molar-refractivity contribution in [2.75, 3.05) is 5.73 Å². The van der Waals surface area contributed by atoms with E-state index in [1.165, 1.54) is 18.8 Å². The number of nitriles is 1. The second kappa shape index (κ2) is 3.86. The zero-order valence-electron chi connectivity index (χ0n) is 9.21. The first-order valence-electron chi connectivity index (χ1n) is 5.20. The third-order valence-electron chi connectivity index (χ3n) is 2.60. The summed E-state index contributed by atoms with van der Waals surface area (Å²) in [6.45, 7) is 0. The molecule has 3 heterocycles. The molecule has 0 aliphatic rings. The molecule has 0 spiro atoms. The Morgan fingerprint density at radius 1 is 1.22 bits per heavy atom. The summed E-state index contributed by atoms with van der Waals surface area (Å²) in [6, 6.07) is 7.23. The number of rotatable bonds is 2. The van der Waals surface area contributed by atoms with Crippen molar-refractivity contribution >= 4 is 5.88 Å². The highest BCUT2D eigenvalue weighted by Gasteiger charge is 2.23. The molecule has 0 radical (unpaired) electrons. The molecular formula is C13H8N2O3. The first kappa shape index (κ1) is 10.3. The molecule has 2 N–H and O–H groups in total. The molecule has 0 saturated carbocycles. The lowest BCUT2D eigenvalue weighted by atomic mass is 10.1.